The van der Waals surface area contributed by atoms with Gasteiger partial charge in [0.05, 0.1) is 0 Å². The molecule has 0 fully saturated rings. The van der Waals surface area contributed by atoms with Gasteiger partial charge in [0, 0.05) is 22.6 Å². The topological polar surface area (TPSA) is 29.3 Å². The van der Waals surface area contributed by atoms with Gasteiger partial charge in [0.1, 0.15) is 0 Å². The van der Waals surface area contributed by atoms with Crippen LogP contribution in [0.1, 0.15) is 45.9 Å². The fourth-order valence-corrected chi connectivity index (χ4v) is 6.82. The molecule has 0 aliphatic carbocycles. The van der Waals surface area contributed by atoms with E-state index in [0.717, 1.165) is 50.5 Å². The molecule has 0 aliphatic heterocycles. The summed E-state index contributed by atoms with van der Waals surface area (Å²) < 4.78 is 0. The predicted octanol–water partition coefficient (Wildman–Crippen LogP) is 13.1. The minimum absolute atomic E-state index is 0.863. The highest BCUT2D eigenvalue weighted by molar-refractivity contribution is 6.03. The van der Waals surface area contributed by atoms with E-state index in [1.165, 1.54) is 50.4 Å². The van der Waals surface area contributed by atoms with Gasteiger partial charge in [-0.05, 0) is 136 Å². The molecule has 0 radical (unpaired) electrons. The van der Waals surface area contributed by atoms with Crippen LogP contribution in [-0.4, -0.2) is 0 Å². The van der Waals surface area contributed by atoms with E-state index < -0.39 is 0 Å². The SMILES string of the molecule is C=Cc1c(/C=C\C)cc(-c2ccc(-c3ccc(C(=C)N(c4ccccc4)c4cc(C(=C)/C=C\N)cc(C)c4C)c(C)c3)cc2)c2ccccc12. The number of fused-ring (bicyclic) bond motifs is 1. The molecule has 2 N–H and O–H groups in total. The van der Waals surface area contributed by atoms with Crippen molar-refractivity contribution in [1.82, 2.24) is 0 Å². The van der Waals surface area contributed by atoms with Crippen LogP contribution in [0.5, 0.6) is 0 Å². The van der Waals surface area contributed by atoms with Gasteiger partial charge in [-0.3, -0.25) is 0 Å². The molecule has 0 aromatic heterocycles. The van der Waals surface area contributed by atoms with Crippen molar-refractivity contribution in [2.75, 3.05) is 4.90 Å². The first-order valence-electron chi connectivity index (χ1n) is 17.0. The summed E-state index contributed by atoms with van der Waals surface area (Å²) in [6.45, 7) is 21.6. The van der Waals surface area contributed by atoms with Gasteiger partial charge < -0.3 is 10.6 Å². The molecule has 2 nitrogen and oxygen atoms in total. The van der Waals surface area contributed by atoms with Crippen LogP contribution < -0.4 is 10.6 Å². The molecule has 50 heavy (non-hydrogen) atoms. The van der Waals surface area contributed by atoms with Crippen molar-refractivity contribution in [2.45, 2.75) is 27.7 Å². The van der Waals surface area contributed by atoms with Crippen molar-refractivity contribution in [3.05, 3.63) is 192 Å². The van der Waals surface area contributed by atoms with E-state index >= 15 is 0 Å². The third-order valence-corrected chi connectivity index (χ3v) is 9.57. The average Bonchev–Trinajstić information content (AvgIpc) is 3.13. The maximum absolute atomic E-state index is 5.73. The first-order valence-corrected chi connectivity index (χ1v) is 17.0. The fourth-order valence-electron chi connectivity index (χ4n) is 6.82. The van der Waals surface area contributed by atoms with Gasteiger partial charge in [-0.15, -0.1) is 0 Å². The van der Waals surface area contributed by atoms with E-state index in [0.29, 0.717) is 0 Å². The van der Waals surface area contributed by atoms with Crippen LogP contribution in [0.3, 0.4) is 0 Å². The first-order chi connectivity index (χ1) is 24.2. The van der Waals surface area contributed by atoms with Crippen LogP contribution in [0.15, 0.2) is 153 Å². The number of benzene rings is 6. The minimum Gasteiger partial charge on any atom is -0.405 e. The highest BCUT2D eigenvalue weighted by atomic mass is 15.1. The van der Waals surface area contributed by atoms with Crippen molar-refractivity contribution in [3.8, 4) is 22.3 Å². The molecular weight excluding hydrogens is 605 g/mol. The van der Waals surface area contributed by atoms with Crippen molar-refractivity contribution >= 4 is 45.6 Å². The van der Waals surface area contributed by atoms with E-state index in [2.05, 4.69) is 174 Å². The molecule has 6 aromatic rings. The minimum atomic E-state index is 0.863. The summed E-state index contributed by atoms with van der Waals surface area (Å²) in [6.07, 6.45) is 9.58. The molecule has 0 atom stereocenters. The number of para-hydroxylation sites is 1. The van der Waals surface area contributed by atoms with E-state index in [-0.39, 0.29) is 0 Å². The average molecular weight is 649 g/mol. The number of aryl methyl sites for hydroxylation is 2. The Morgan fingerprint density at radius 2 is 1.36 bits per heavy atom. The largest absolute Gasteiger partial charge is 0.405 e. The summed E-state index contributed by atoms with van der Waals surface area (Å²) >= 11 is 0. The Hall–Kier alpha value is -6.12. The van der Waals surface area contributed by atoms with Crippen molar-refractivity contribution in [2.24, 2.45) is 5.73 Å². The zero-order valence-electron chi connectivity index (χ0n) is 29.5. The third-order valence-electron chi connectivity index (χ3n) is 9.57. The molecule has 0 heterocycles. The zero-order valence-corrected chi connectivity index (χ0v) is 29.5. The lowest BCUT2D eigenvalue weighted by molar-refractivity contribution is 1.22. The number of allylic oxidation sites excluding steroid dienone is 3. The molecule has 0 unspecified atom stereocenters. The molecule has 0 spiro atoms. The third kappa shape index (κ3) is 6.49. The van der Waals surface area contributed by atoms with Crippen LogP contribution >= 0.6 is 0 Å². The highest BCUT2D eigenvalue weighted by Crippen LogP contribution is 2.40. The lowest BCUT2D eigenvalue weighted by Gasteiger charge is -2.31. The maximum atomic E-state index is 5.73. The summed E-state index contributed by atoms with van der Waals surface area (Å²) in [6, 6.07) is 41.2. The fraction of sp³-hybridized carbons (Fsp3) is 0.0833. The number of nitrogens with two attached hydrogens (primary N) is 1. The van der Waals surface area contributed by atoms with E-state index in [1.54, 1.807) is 0 Å². The second kappa shape index (κ2) is 14.6. The molecule has 246 valence electrons. The Labute approximate surface area is 297 Å². The lowest BCUT2D eigenvalue weighted by atomic mass is 9.90. The molecule has 6 rings (SSSR count). The predicted molar refractivity (Wildman–Crippen MR) is 220 cm³/mol. The first kappa shape index (κ1) is 33.8. The number of nitrogens with zero attached hydrogens (tertiary/aromatic N) is 1. The lowest BCUT2D eigenvalue weighted by Crippen LogP contribution is -2.17. The van der Waals surface area contributed by atoms with Gasteiger partial charge in [0.2, 0.25) is 0 Å². The summed E-state index contributed by atoms with van der Waals surface area (Å²) in [5.74, 6) is 0. The Morgan fingerprint density at radius 1 is 0.700 bits per heavy atom. The second-order valence-corrected chi connectivity index (χ2v) is 12.7. The smallest absolute Gasteiger partial charge is 0.0499 e. The molecule has 6 aromatic carbocycles. The Balaban J connectivity index is 1.37. The van der Waals surface area contributed by atoms with Gasteiger partial charge >= 0.3 is 0 Å². The molecule has 0 saturated carbocycles. The molecule has 0 aliphatic rings. The normalized spacial score (nSPS) is 11.4. The molecule has 0 saturated heterocycles. The zero-order chi connectivity index (χ0) is 35.4. The van der Waals surface area contributed by atoms with Crippen LogP contribution in [0.2, 0.25) is 0 Å². The quantitative estimate of drug-likeness (QED) is 0.150. The Bertz CT molecular complexity index is 2300. The number of rotatable bonds is 10. The second-order valence-electron chi connectivity index (χ2n) is 12.7. The van der Waals surface area contributed by atoms with E-state index in [1.807, 2.05) is 18.2 Å². The summed E-state index contributed by atoms with van der Waals surface area (Å²) in [5.41, 5.74) is 22.3. The van der Waals surface area contributed by atoms with E-state index in [9.17, 15) is 0 Å². The number of hydrogen-bond donors (Lipinski definition) is 1. The Morgan fingerprint density at radius 3 is 2.02 bits per heavy atom. The van der Waals surface area contributed by atoms with Crippen LogP contribution in [0.4, 0.5) is 11.4 Å². The van der Waals surface area contributed by atoms with Gasteiger partial charge in [0.15, 0.2) is 0 Å². The highest BCUT2D eigenvalue weighted by Gasteiger charge is 2.20. The summed E-state index contributed by atoms with van der Waals surface area (Å²) in [5, 5.41) is 2.43. The van der Waals surface area contributed by atoms with Crippen molar-refractivity contribution in [3.63, 3.8) is 0 Å². The van der Waals surface area contributed by atoms with Gasteiger partial charge in [-0.2, -0.15) is 0 Å². The van der Waals surface area contributed by atoms with Crippen LogP contribution in [-0.2, 0) is 0 Å². The number of anilines is 2. The molecule has 0 amide bonds. The van der Waals surface area contributed by atoms with Gasteiger partial charge in [0.25, 0.3) is 0 Å². The van der Waals surface area contributed by atoms with Gasteiger partial charge in [-0.1, -0.05) is 129 Å². The molecule has 0 bridgehead atoms. The number of hydrogen-bond acceptors (Lipinski definition) is 2. The monoisotopic (exact) mass is 648 g/mol. The van der Waals surface area contributed by atoms with Crippen LogP contribution in [0, 0.1) is 20.8 Å². The summed E-state index contributed by atoms with van der Waals surface area (Å²) in [7, 11) is 0. The molecular formula is C48H44N2. The van der Waals surface area contributed by atoms with E-state index in [4.69, 9.17) is 5.73 Å². The Kier molecular flexibility index (Phi) is 9.83. The molecule has 2 heteroatoms. The summed E-state index contributed by atoms with van der Waals surface area (Å²) in [4.78, 5) is 2.26. The van der Waals surface area contributed by atoms with Crippen molar-refractivity contribution < 1.29 is 0 Å². The van der Waals surface area contributed by atoms with Crippen LogP contribution in [0.25, 0.3) is 56.4 Å². The van der Waals surface area contributed by atoms with Gasteiger partial charge in [-0.25, -0.2) is 0 Å². The van der Waals surface area contributed by atoms with Crippen molar-refractivity contribution in [1.29, 1.82) is 0 Å². The maximum Gasteiger partial charge on any atom is 0.0499 e. The standard InChI is InChI=1S/C48H44N2/c1-8-15-40-30-47(46-19-14-13-18-45(46)43(40)9-2)38-22-20-37(21-23-38)39-24-25-44(34(5)29-39)36(7)50(42-16-11-10-12-17-42)48-31-41(32(3)26-27-49)28-33(4)35(48)6/h8-31H,2-3,7,49H2,1,4-6H3/b15-8-,27-26-.